The fourth-order valence-electron chi connectivity index (χ4n) is 4.51. The summed E-state index contributed by atoms with van der Waals surface area (Å²) in [6.07, 6.45) is 6.29. The Balaban J connectivity index is 1.61. The zero-order chi connectivity index (χ0) is 17.4. The lowest BCUT2D eigenvalue weighted by Crippen LogP contribution is -2.37. The molecule has 25 heavy (non-hydrogen) atoms. The van der Waals surface area contributed by atoms with Crippen molar-refractivity contribution in [2.24, 2.45) is 0 Å². The van der Waals surface area contributed by atoms with Crippen LogP contribution in [0.15, 0.2) is 48.5 Å². The summed E-state index contributed by atoms with van der Waals surface area (Å²) in [5, 5.41) is 0. The van der Waals surface area contributed by atoms with E-state index in [2.05, 4.69) is 67.3 Å². The molecular weight excluding hydrogens is 306 g/mol. The predicted molar refractivity (Wildman–Crippen MR) is 104 cm³/mol. The van der Waals surface area contributed by atoms with Gasteiger partial charge in [0.2, 0.25) is 0 Å². The Morgan fingerprint density at radius 3 is 2.56 bits per heavy atom. The Labute approximate surface area is 151 Å². The van der Waals surface area contributed by atoms with Crippen molar-refractivity contribution < 1.29 is 4.74 Å². The van der Waals surface area contributed by atoms with Crippen molar-refractivity contribution in [3.8, 4) is 5.75 Å². The molecule has 0 aliphatic carbocycles. The van der Waals surface area contributed by atoms with Crippen molar-refractivity contribution in [3.63, 3.8) is 0 Å². The van der Waals surface area contributed by atoms with E-state index in [4.69, 9.17) is 4.74 Å². The Bertz CT molecular complexity index is 793. The summed E-state index contributed by atoms with van der Waals surface area (Å²) >= 11 is 0. The third-order valence-electron chi connectivity index (χ3n) is 5.84. The summed E-state index contributed by atoms with van der Waals surface area (Å²) in [5.74, 6) is 0.992. The van der Waals surface area contributed by atoms with Crippen LogP contribution >= 0.6 is 0 Å². The number of fused-ring (bicyclic) bond motifs is 2. The Morgan fingerprint density at radius 2 is 1.84 bits per heavy atom. The number of rotatable bonds is 4. The molecule has 2 heterocycles. The quantitative estimate of drug-likeness (QED) is 0.769. The monoisotopic (exact) mass is 333 g/mol. The van der Waals surface area contributed by atoms with E-state index < -0.39 is 0 Å². The Morgan fingerprint density at radius 1 is 1.04 bits per heavy atom. The van der Waals surface area contributed by atoms with Crippen molar-refractivity contribution in [1.82, 2.24) is 4.90 Å². The smallest absolute Gasteiger partial charge is 0.122 e. The van der Waals surface area contributed by atoms with Crippen molar-refractivity contribution in [2.45, 2.75) is 51.7 Å². The minimum atomic E-state index is 0.579. The van der Waals surface area contributed by atoms with E-state index in [1.165, 1.54) is 40.7 Å². The summed E-state index contributed by atoms with van der Waals surface area (Å²) < 4.78 is 5.48. The van der Waals surface area contributed by atoms with Crippen molar-refractivity contribution in [1.29, 1.82) is 0 Å². The summed E-state index contributed by atoms with van der Waals surface area (Å²) in [6, 6.07) is 16.6. The maximum Gasteiger partial charge on any atom is 0.122 e. The highest BCUT2D eigenvalue weighted by atomic mass is 16.5. The van der Waals surface area contributed by atoms with Gasteiger partial charge in [0.15, 0.2) is 0 Å². The molecule has 2 aromatic carbocycles. The second kappa shape index (κ2) is 6.68. The van der Waals surface area contributed by atoms with Gasteiger partial charge < -0.3 is 4.74 Å². The van der Waals surface area contributed by atoms with Gasteiger partial charge in [0.25, 0.3) is 0 Å². The van der Waals surface area contributed by atoms with Gasteiger partial charge in [0.05, 0.1) is 7.11 Å². The van der Waals surface area contributed by atoms with Crippen molar-refractivity contribution in [2.75, 3.05) is 7.11 Å². The van der Waals surface area contributed by atoms with E-state index in [1.54, 1.807) is 7.11 Å². The van der Waals surface area contributed by atoms with Crippen molar-refractivity contribution >= 4 is 5.57 Å². The number of hydrogen-bond donors (Lipinski definition) is 0. The van der Waals surface area contributed by atoms with Gasteiger partial charge in [0.1, 0.15) is 5.75 Å². The van der Waals surface area contributed by atoms with Crippen LogP contribution in [0.25, 0.3) is 5.57 Å². The lowest BCUT2D eigenvalue weighted by molar-refractivity contribution is 0.203. The molecule has 0 spiro atoms. The zero-order valence-corrected chi connectivity index (χ0v) is 15.5. The van der Waals surface area contributed by atoms with Gasteiger partial charge in [-0.1, -0.05) is 36.4 Å². The number of hydrogen-bond acceptors (Lipinski definition) is 2. The van der Waals surface area contributed by atoms with Crippen LogP contribution in [0.2, 0.25) is 0 Å². The van der Waals surface area contributed by atoms with Crippen LogP contribution in [-0.4, -0.2) is 24.1 Å². The highest BCUT2D eigenvalue weighted by Crippen LogP contribution is 2.41. The maximum atomic E-state index is 5.48. The van der Waals surface area contributed by atoms with E-state index in [9.17, 15) is 0 Å². The van der Waals surface area contributed by atoms with Crippen LogP contribution < -0.4 is 4.74 Å². The molecule has 2 aliphatic rings. The van der Waals surface area contributed by atoms with E-state index in [0.29, 0.717) is 12.1 Å². The summed E-state index contributed by atoms with van der Waals surface area (Å²) in [5.41, 5.74) is 6.91. The van der Waals surface area contributed by atoms with Crippen LogP contribution in [0.5, 0.6) is 5.75 Å². The van der Waals surface area contributed by atoms with Crippen LogP contribution in [0.3, 0.4) is 0 Å². The summed E-state index contributed by atoms with van der Waals surface area (Å²) in [4.78, 5) is 2.70. The molecule has 0 radical (unpaired) electrons. The first kappa shape index (κ1) is 16.4. The first-order valence-electron chi connectivity index (χ1n) is 9.31. The van der Waals surface area contributed by atoms with Crippen LogP contribution in [0.4, 0.5) is 0 Å². The molecule has 0 amide bonds. The molecule has 1 saturated heterocycles. The molecule has 4 rings (SSSR count). The molecule has 2 aliphatic heterocycles. The molecule has 2 heteroatoms. The molecule has 0 N–H and O–H groups in total. The third-order valence-corrected chi connectivity index (χ3v) is 5.84. The van der Waals surface area contributed by atoms with Gasteiger partial charge in [-0.3, -0.25) is 4.90 Å². The molecule has 0 aromatic heterocycles. The van der Waals surface area contributed by atoms with E-state index >= 15 is 0 Å². The SMILES string of the molecule is COc1cc(C)c(C2=CC3CCC(C2)N3Cc2ccccc2)cc1C. The average molecular weight is 333 g/mol. The Hall–Kier alpha value is -2.06. The highest BCUT2D eigenvalue weighted by molar-refractivity contribution is 5.72. The first-order valence-corrected chi connectivity index (χ1v) is 9.31. The normalized spacial score (nSPS) is 22.8. The predicted octanol–water partition coefficient (Wildman–Crippen LogP) is 5.13. The largest absolute Gasteiger partial charge is 0.496 e. The van der Waals surface area contributed by atoms with Gasteiger partial charge in [-0.25, -0.2) is 0 Å². The number of ether oxygens (including phenoxy) is 1. The minimum absolute atomic E-state index is 0.579. The topological polar surface area (TPSA) is 12.5 Å². The number of nitrogens with zero attached hydrogens (tertiary/aromatic N) is 1. The fraction of sp³-hybridized carbons (Fsp3) is 0.391. The summed E-state index contributed by atoms with van der Waals surface area (Å²) in [6.45, 7) is 5.42. The van der Waals surface area contributed by atoms with Gasteiger partial charge in [0, 0.05) is 18.6 Å². The maximum absolute atomic E-state index is 5.48. The van der Waals surface area contributed by atoms with Gasteiger partial charge >= 0.3 is 0 Å². The van der Waals surface area contributed by atoms with Crippen LogP contribution in [0.1, 0.15) is 41.5 Å². The average Bonchev–Trinajstić information content (AvgIpc) is 2.86. The molecule has 0 saturated carbocycles. The summed E-state index contributed by atoms with van der Waals surface area (Å²) in [7, 11) is 1.75. The van der Waals surface area contributed by atoms with E-state index in [0.717, 1.165) is 18.7 Å². The highest BCUT2D eigenvalue weighted by Gasteiger charge is 2.36. The lowest BCUT2D eigenvalue weighted by atomic mass is 9.90. The minimum Gasteiger partial charge on any atom is -0.496 e. The molecule has 130 valence electrons. The zero-order valence-electron chi connectivity index (χ0n) is 15.5. The molecule has 2 atom stereocenters. The van der Waals surface area contributed by atoms with Crippen LogP contribution in [0, 0.1) is 13.8 Å². The number of aryl methyl sites for hydroxylation is 2. The van der Waals surface area contributed by atoms with Crippen LogP contribution in [-0.2, 0) is 6.54 Å². The molecule has 2 bridgehead atoms. The third kappa shape index (κ3) is 3.11. The standard InChI is InChI=1S/C23H27NO/c1-16-12-23(25-3)17(2)11-22(16)19-13-20-9-10-21(14-19)24(20)15-18-7-5-4-6-8-18/h4-8,11-13,20-21H,9-10,14-15H2,1-3H3. The van der Waals surface area contributed by atoms with E-state index in [-0.39, 0.29) is 0 Å². The van der Waals surface area contributed by atoms with Crippen molar-refractivity contribution in [3.05, 3.63) is 70.8 Å². The second-order valence-corrected chi connectivity index (χ2v) is 7.49. The fourth-order valence-corrected chi connectivity index (χ4v) is 4.51. The van der Waals surface area contributed by atoms with E-state index in [1.807, 2.05) is 0 Å². The number of methoxy groups -OCH3 is 1. The van der Waals surface area contributed by atoms with Gasteiger partial charge in [-0.15, -0.1) is 0 Å². The molecular formula is C23H27NO. The second-order valence-electron chi connectivity index (χ2n) is 7.49. The molecule has 2 nitrogen and oxygen atoms in total. The number of benzene rings is 2. The molecule has 1 fully saturated rings. The lowest BCUT2D eigenvalue weighted by Gasteiger charge is -2.34. The van der Waals surface area contributed by atoms with Gasteiger partial charge in [-0.05, 0) is 73.1 Å². The Kier molecular flexibility index (Phi) is 4.39. The first-order chi connectivity index (χ1) is 12.2. The van der Waals surface area contributed by atoms with Gasteiger partial charge in [-0.2, -0.15) is 0 Å². The molecule has 2 aromatic rings. The molecule has 2 unspecified atom stereocenters.